The second kappa shape index (κ2) is 11.3. The summed E-state index contributed by atoms with van der Waals surface area (Å²) in [6.45, 7) is 10.7. The Morgan fingerprint density at radius 1 is 1.09 bits per heavy atom. The van der Waals surface area contributed by atoms with Gasteiger partial charge in [0.05, 0.1) is 24.6 Å². The molecule has 2 N–H and O–H groups in total. The monoisotopic (exact) mass is 439 g/mol. The van der Waals surface area contributed by atoms with Gasteiger partial charge in [-0.15, -0.1) is 0 Å². The van der Waals surface area contributed by atoms with Gasteiger partial charge >= 0.3 is 5.97 Å². The number of rotatable bonds is 12. The predicted molar refractivity (Wildman–Crippen MR) is 131 cm³/mol. The van der Waals surface area contributed by atoms with Crippen molar-refractivity contribution in [2.24, 2.45) is 0 Å². The molecular formula is C25H37N5O2. The number of nitrogens with zero attached hydrogens (tertiary/aromatic N) is 4. The number of nitrogen functional groups attached to an aromatic ring is 1. The molecule has 2 heterocycles. The molecule has 2 aromatic heterocycles. The van der Waals surface area contributed by atoms with Gasteiger partial charge in [-0.2, -0.15) is 0 Å². The first kappa shape index (κ1) is 24.0. The number of unbranched alkanes of at least 4 members (excludes halogenated alkanes) is 1. The predicted octanol–water partition coefficient (Wildman–Crippen LogP) is 4.35. The summed E-state index contributed by atoms with van der Waals surface area (Å²) in [5.41, 5.74) is 9.86. The molecule has 0 saturated heterocycles. The number of esters is 1. The number of nitrogens with two attached hydrogens (primary N) is 1. The molecule has 32 heavy (non-hydrogen) atoms. The van der Waals surface area contributed by atoms with Gasteiger partial charge in [0.25, 0.3) is 0 Å². The van der Waals surface area contributed by atoms with Crippen molar-refractivity contribution >= 4 is 33.7 Å². The van der Waals surface area contributed by atoms with E-state index in [1.54, 1.807) is 0 Å². The molecule has 0 bridgehead atoms. The summed E-state index contributed by atoms with van der Waals surface area (Å²) in [4.78, 5) is 23.8. The van der Waals surface area contributed by atoms with Crippen LogP contribution in [0.5, 0.6) is 0 Å². The maximum absolute atomic E-state index is 11.7. The maximum atomic E-state index is 11.7. The van der Waals surface area contributed by atoms with Crippen LogP contribution in [0, 0.1) is 0 Å². The highest BCUT2D eigenvalue weighted by Gasteiger charge is 2.18. The zero-order chi connectivity index (χ0) is 23.1. The molecule has 0 radical (unpaired) electrons. The van der Waals surface area contributed by atoms with E-state index in [0.29, 0.717) is 5.82 Å². The number of methoxy groups -OCH3 is 1. The van der Waals surface area contributed by atoms with Crippen LogP contribution in [0.25, 0.3) is 21.9 Å². The van der Waals surface area contributed by atoms with Crippen molar-refractivity contribution in [3.05, 3.63) is 29.6 Å². The lowest BCUT2D eigenvalue weighted by molar-refractivity contribution is -0.139. The van der Waals surface area contributed by atoms with Crippen molar-refractivity contribution < 1.29 is 9.53 Å². The topological polar surface area (TPSA) is 86.3 Å². The summed E-state index contributed by atoms with van der Waals surface area (Å²) >= 11 is 0. The standard InChI is InChI=1S/C25H37N5O2/c1-5-8-9-21-28-23-24(30(21)15-14-29(12-6-2)13-7-3)19-11-10-18(17-22(31)32-4)16-20(19)27-25(23)26/h10-11,16H,5-9,12-15,17H2,1-4H3,(H2,26,27). The van der Waals surface area contributed by atoms with Gasteiger partial charge in [0.1, 0.15) is 11.3 Å². The minimum atomic E-state index is -0.266. The molecule has 0 fully saturated rings. The van der Waals surface area contributed by atoms with Crippen LogP contribution in [0.1, 0.15) is 57.8 Å². The van der Waals surface area contributed by atoms with Gasteiger partial charge in [-0.25, -0.2) is 9.97 Å². The van der Waals surface area contributed by atoms with Gasteiger partial charge in [0.15, 0.2) is 5.82 Å². The Morgan fingerprint density at radius 3 is 2.50 bits per heavy atom. The fourth-order valence-electron chi connectivity index (χ4n) is 4.33. The molecule has 0 saturated carbocycles. The molecule has 0 aliphatic carbocycles. The first-order valence-corrected chi connectivity index (χ1v) is 11.9. The Bertz CT molecular complexity index is 1050. The van der Waals surface area contributed by atoms with Crippen LogP contribution in [0.2, 0.25) is 0 Å². The third kappa shape index (κ3) is 5.38. The van der Waals surface area contributed by atoms with Crippen molar-refractivity contribution in [2.45, 2.75) is 65.8 Å². The van der Waals surface area contributed by atoms with Crippen LogP contribution in [0.3, 0.4) is 0 Å². The third-order valence-corrected chi connectivity index (χ3v) is 5.90. The zero-order valence-electron chi connectivity index (χ0n) is 20.0. The first-order valence-electron chi connectivity index (χ1n) is 11.9. The van der Waals surface area contributed by atoms with E-state index in [-0.39, 0.29) is 12.4 Å². The summed E-state index contributed by atoms with van der Waals surface area (Å²) in [6.07, 6.45) is 5.65. The molecule has 1 aromatic carbocycles. The Hall–Kier alpha value is -2.67. The molecule has 0 aliphatic heterocycles. The Balaban J connectivity index is 2.08. The van der Waals surface area contributed by atoms with Crippen molar-refractivity contribution in [3.63, 3.8) is 0 Å². The number of aryl methyl sites for hydroxylation is 1. The molecule has 7 heteroatoms. The van der Waals surface area contributed by atoms with Gasteiger partial charge in [0, 0.05) is 24.9 Å². The average molecular weight is 440 g/mol. The van der Waals surface area contributed by atoms with Gasteiger partial charge in [-0.05, 0) is 44.0 Å². The lowest BCUT2D eigenvalue weighted by Gasteiger charge is -2.22. The minimum absolute atomic E-state index is 0.218. The second-order valence-electron chi connectivity index (χ2n) is 8.42. The number of imidazole rings is 1. The second-order valence-corrected chi connectivity index (χ2v) is 8.42. The van der Waals surface area contributed by atoms with E-state index in [2.05, 4.69) is 35.2 Å². The van der Waals surface area contributed by atoms with Crippen molar-refractivity contribution in [1.29, 1.82) is 0 Å². The first-order chi connectivity index (χ1) is 15.5. The molecule has 0 amide bonds. The van der Waals surface area contributed by atoms with Crippen LogP contribution in [-0.4, -0.2) is 52.1 Å². The largest absolute Gasteiger partial charge is 0.469 e. The van der Waals surface area contributed by atoms with Crippen LogP contribution in [0.4, 0.5) is 5.82 Å². The van der Waals surface area contributed by atoms with E-state index in [4.69, 9.17) is 15.5 Å². The quantitative estimate of drug-likeness (QED) is 0.422. The Kier molecular flexibility index (Phi) is 8.45. The maximum Gasteiger partial charge on any atom is 0.309 e. The number of pyridine rings is 1. The molecule has 0 unspecified atom stereocenters. The van der Waals surface area contributed by atoms with E-state index in [1.165, 1.54) is 7.11 Å². The normalized spacial score (nSPS) is 11.7. The smallest absolute Gasteiger partial charge is 0.309 e. The summed E-state index contributed by atoms with van der Waals surface area (Å²) < 4.78 is 7.16. The van der Waals surface area contributed by atoms with E-state index >= 15 is 0 Å². The van der Waals surface area contributed by atoms with Crippen LogP contribution in [0.15, 0.2) is 18.2 Å². The lowest BCUT2D eigenvalue weighted by Crippen LogP contribution is -2.29. The molecule has 3 aromatic rings. The molecule has 7 nitrogen and oxygen atoms in total. The summed E-state index contributed by atoms with van der Waals surface area (Å²) in [7, 11) is 1.40. The molecule has 0 aliphatic rings. The number of anilines is 1. The molecule has 174 valence electrons. The van der Waals surface area contributed by atoms with Gasteiger partial charge in [0.2, 0.25) is 0 Å². The fraction of sp³-hybridized carbons (Fsp3) is 0.560. The highest BCUT2D eigenvalue weighted by Crippen LogP contribution is 2.30. The van der Waals surface area contributed by atoms with Gasteiger partial charge < -0.3 is 19.9 Å². The third-order valence-electron chi connectivity index (χ3n) is 5.90. The number of benzene rings is 1. The van der Waals surface area contributed by atoms with E-state index in [9.17, 15) is 4.79 Å². The number of hydrogen-bond acceptors (Lipinski definition) is 6. The van der Waals surface area contributed by atoms with Gasteiger partial charge in [-0.1, -0.05) is 39.3 Å². The SMILES string of the molecule is CCCCc1nc2c(N)nc3cc(CC(=O)OC)ccc3c2n1CCN(CCC)CCC. The number of aromatic nitrogens is 3. The number of ether oxygens (including phenoxy) is 1. The molecule has 0 atom stereocenters. The summed E-state index contributed by atoms with van der Waals surface area (Å²) in [5.74, 6) is 1.25. The summed E-state index contributed by atoms with van der Waals surface area (Å²) in [5, 5.41) is 1.02. The van der Waals surface area contributed by atoms with Crippen molar-refractivity contribution in [2.75, 3.05) is 32.5 Å². The highest BCUT2D eigenvalue weighted by atomic mass is 16.5. The van der Waals surface area contributed by atoms with Crippen molar-refractivity contribution in [1.82, 2.24) is 19.4 Å². The lowest BCUT2D eigenvalue weighted by atomic mass is 10.1. The van der Waals surface area contributed by atoms with Crippen molar-refractivity contribution in [3.8, 4) is 0 Å². The molecule has 3 rings (SSSR count). The zero-order valence-corrected chi connectivity index (χ0v) is 20.0. The molecular weight excluding hydrogens is 402 g/mol. The van der Waals surface area contributed by atoms with E-state index in [1.807, 2.05) is 18.2 Å². The van der Waals surface area contributed by atoms with E-state index in [0.717, 1.165) is 91.6 Å². The Morgan fingerprint density at radius 2 is 1.84 bits per heavy atom. The number of hydrogen-bond donors (Lipinski definition) is 1. The van der Waals surface area contributed by atoms with Crippen LogP contribution >= 0.6 is 0 Å². The Labute approximate surface area is 191 Å². The average Bonchev–Trinajstić information content (AvgIpc) is 3.15. The van der Waals surface area contributed by atoms with Crippen LogP contribution < -0.4 is 5.73 Å². The number of carbonyl (C=O) groups is 1. The number of fused-ring (bicyclic) bond motifs is 3. The highest BCUT2D eigenvalue weighted by molar-refractivity contribution is 6.06. The minimum Gasteiger partial charge on any atom is -0.469 e. The van der Waals surface area contributed by atoms with Crippen LogP contribution in [-0.2, 0) is 28.9 Å². The van der Waals surface area contributed by atoms with Gasteiger partial charge in [-0.3, -0.25) is 4.79 Å². The summed E-state index contributed by atoms with van der Waals surface area (Å²) in [6, 6.07) is 5.95. The molecule has 0 spiro atoms. The van der Waals surface area contributed by atoms with E-state index < -0.39 is 0 Å². The fourth-order valence-corrected chi connectivity index (χ4v) is 4.33. The number of carbonyl (C=O) groups excluding carboxylic acids is 1.